The van der Waals surface area contributed by atoms with Gasteiger partial charge in [0.05, 0.1) is 0 Å². The van der Waals surface area contributed by atoms with Crippen molar-refractivity contribution in [1.82, 2.24) is 4.98 Å². The molecule has 1 aromatic rings. The number of aromatic amines is 1. The summed E-state index contributed by atoms with van der Waals surface area (Å²) in [5.74, 6) is 0. The maximum absolute atomic E-state index is 12.1. The number of nitrogens with one attached hydrogen (secondary N) is 1. The Morgan fingerprint density at radius 3 is 1.87 bits per heavy atom. The topological polar surface area (TPSA) is 32.9 Å². The summed E-state index contributed by atoms with van der Waals surface area (Å²) >= 11 is 0. The Morgan fingerprint density at radius 2 is 1.53 bits per heavy atom. The van der Waals surface area contributed by atoms with Crippen LogP contribution in [0.4, 0.5) is 26.3 Å². The number of hydrogen-bond acceptors (Lipinski definition) is 1. The zero-order chi connectivity index (χ0) is 11.9. The summed E-state index contributed by atoms with van der Waals surface area (Å²) in [4.78, 5) is 12.1. The van der Waals surface area contributed by atoms with Crippen molar-refractivity contribution in [3.63, 3.8) is 0 Å². The highest BCUT2D eigenvalue weighted by molar-refractivity contribution is 5.25. The summed E-state index contributed by atoms with van der Waals surface area (Å²) in [6.45, 7) is 0. The monoisotopic (exact) mass is 231 g/mol. The first-order chi connectivity index (χ1) is 6.64. The number of aromatic nitrogens is 1. The molecule has 0 unspecified atom stereocenters. The Bertz CT molecular complexity index is 415. The second kappa shape index (κ2) is 3.28. The molecular weight excluding hydrogens is 228 g/mol. The van der Waals surface area contributed by atoms with Crippen LogP contribution in [0.25, 0.3) is 0 Å². The SMILES string of the molecule is O=c1cc[nH]c(C(F)(F)F)c1C(F)(F)F. The van der Waals surface area contributed by atoms with Crippen LogP contribution in [0.5, 0.6) is 0 Å². The molecular formula is C7H3F6NO. The lowest BCUT2D eigenvalue weighted by Crippen LogP contribution is -2.26. The van der Waals surface area contributed by atoms with E-state index in [9.17, 15) is 31.1 Å². The number of H-pyrrole nitrogens is 1. The number of halogens is 6. The average Bonchev–Trinajstić information content (AvgIpc) is 1.99. The fraction of sp³-hybridized carbons (Fsp3) is 0.286. The van der Waals surface area contributed by atoms with Gasteiger partial charge in [0.15, 0.2) is 5.43 Å². The van der Waals surface area contributed by atoms with Crippen molar-refractivity contribution in [2.75, 3.05) is 0 Å². The highest BCUT2D eigenvalue weighted by atomic mass is 19.4. The highest BCUT2D eigenvalue weighted by Gasteiger charge is 2.45. The summed E-state index contributed by atoms with van der Waals surface area (Å²) in [6.07, 6.45) is -10.1. The lowest BCUT2D eigenvalue weighted by atomic mass is 10.1. The van der Waals surface area contributed by atoms with Gasteiger partial charge in [-0.1, -0.05) is 0 Å². The van der Waals surface area contributed by atoms with E-state index < -0.39 is 29.0 Å². The minimum atomic E-state index is -5.33. The first-order valence-electron chi connectivity index (χ1n) is 3.50. The lowest BCUT2D eigenvalue weighted by molar-refractivity contribution is -0.165. The maximum Gasteiger partial charge on any atom is 0.431 e. The summed E-state index contributed by atoms with van der Waals surface area (Å²) in [6, 6.07) is 0.387. The molecule has 0 bridgehead atoms. The smallest absolute Gasteiger partial charge is 0.357 e. The van der Waals surface area contributed by atoms with Crippen LogP contribution in [-0.2, 0) is 12.4 Å². The number of hydrogen-bond donors (Lipinski definition) is 1. The first-order valence-corrected chi connectivity index (χ1v) is 3.50. The van der Waals surface area contributed by atoms with E-state index in [0.29, 0.717) is 12.3 Å². The van der Waals surface area contributed by atoms with E-state index in [1.54, 1.807) is 0 Å². The summed E-state index contributed by atoms with van der Waals surface area (Å²) < 4.78 is 72.6. The van der Waals surface area contributed by atoms with Crippen LogP contribution in [0.15, 0.2) is 17.1 Å². The predicted octanol–water partition coefficient (Wildman–Crippen LogP) is 2.41. The van der Waals surface area contributed by atoms with Gasteiger partial charge in [-0.05, 0) is 0 Å². The van der Waals surface area contributed by atoms with E-state index in [1.807, 2.05) is 0 Å². The van der Waals surface area contributed by atoms with E-state index in [-0.39, 0.29) is 0 Å². The Kier molecular flexibility index (Phi) is 2.54. The summed E-state index contributed by atoms with van der Waals surface area (Å²) in [7, 11) is 0. The molecule has 0 aliphatic carbocycles. The van der Waals surface area contributed by atoms with Crippen molar-refractivity contribution in [2.24, 2.45) is 0 Å². The van der Waals surface area contributed by atoms with E-state index in [1.165, 1.54) is 4.98 Å². The molecule has 0 saturated heterocycles. The standard InChI is InChI=1S/C7H3F6NO/c8-6(9,10)4-3(15)1-2-14-5(4)7(11,12)13/h1-2H,(H,14,15). The van der Waals surface area contributed by atoms with E-state index >= 15 is 0 Å². The number of alkyl halides is 6. The van der Waals surface area contributed by atoms with Crippen LogP contribution in [0, 0.1) is 0 Å². The Labute approximate surface area is 78.5 Å². The van der Waals surface area contributed by atoms with Crippen molar-refractivity contribution in [3.05, 3.63) is 33.7 Å². The lowest BCUT2D eigenvalue weighted by Gasteiger charge is -2.13. The van der Waals surface area contributed by atoms with Crippen molar-refractivity contribution >= 4 is 0 Å². The third-order valence-electron chi connectivity index (χ3n) is 1.53. The molecule has 1 rings (SSSR count). The van der Waals surface area contributed by atoms with Crippen LogP contribution in [0.3, 0.4) is 0 Å². The van der Waals surface area contributed by atoms with Crippen molar-refractivity contribution in [3.8, 4) is 0 Å². The second-order valence-corrected chi connectivity index (χ2v) is 2.59. The summed E-state index contributed by atoms with van der Waals surface area (Å²) in [5, 5.41) is 0. The van der Waals surface area contributed by atoms with E-state index in [4.69, 9.17) is 0 Å². The molecule has 1 N–H and O–H groups in total. The molecule has 0 radical (unpaired) electrons. The maximum atomic E-state index is 12.1. The van der Waals surface area contributed by atoms with Crippen molar-refractivity contribution < 1.29 is 26.3 Å². The average molecular weight is 231 g/mol. The van der Waals surface area contributed by atoms with Gasteiger partial charge in [-0.15, -0.1) is 0 Å². The van der Waals surface area contributed by atoms with Crippen LogP contribution in [-0.4, -0.2) is 4.98 Å². The van der Waals surface area contributed by atoms with Gasteiger partial charge in [0.2, 0.25) is 0 Å². The highest BCUT2D eigenvalue weighted by Crippen LogP contribution is 2.36. The van der Waals surface area contributed by atoms with Gasteiger partial charge in [0, 0.05) is 12.3 Å². The fourth-order valence-electron chi connectivity index (χ4n) is 0.984. The minimum absolute atomic E-state index is 0.387. The molecule has 8 heteroatoms. The zero-order valence-corrected chi connectivity index (χ0v) is 6.83. The molecule has 0 amide bonds. The van der Waals surface area contributed by atoms with Crippen LogP contribution in [0.1, 0.15) is 11.3 Å². The molecule has 0 saturated carbocycles. The third-order valence-corrected chi connectivity index (χ3v) is 1.53. The van der Waals surface area contributed by atoms with Crippen molar-refractivity contribution in [1.29, 1.82) is 0 Å². The largest absolute Gasteiger partial charge is 0.431 e. The molecule has 0 spiro atoms. The van der Waals surface area contributed by atoms with Gasteiger partial charge >= 0.3 is 12.4 Å². The molecule has 84 valence electrons. The molecule has 15 heavy (non-hydrogen) atoms. The molecule has 1 aromatic heterocycles. The number of pyridine rings is 1. The van der Waals surface area contributed by atoms with E-state index in [2.05, 4.69) is 0 Å². The third kappa shape index (κ3) is 2.31. The molecule has 0 aliphatic heterocycles. The van der Waals surface area contributed by atoms with Gasteiger partial charge in [-0.3, -0.25) is 4.79 Å². The van der Waals surface area contributed by atoms with Crippen molar-refractivity contribution in [2.45, 2.75) is 12.4 Å². The minimum Gasteiger partial charge on any atom is -0.357 e. The normalized spacial score (nSPS) is 12.9. The molecule has 2 nitrogen and oxygen atoms in total. The molecule has 0 aromatic carbocycles. The second-order valence-electron chi connectivity index (χ2n) is 2.59. The van der Waals surface area contributed by atoms with Crippen LogP contribution >= 0.6 is 0 Å². The van der Waals surface area contributed by atoms with Crippen LogP contribution < -0.4 is 5.43 Å². The van der Waals surface area contributed by atoms with Gasteiger partial charge < -0.3 is 4.98 Å². The molecule has 1 heterocycles. The number of rotatable bonds is 0. The van der Waals surface area contributed by atoms with Gasteiger partial charge in [0.25, 0.3) is 0 Å². The predicted molar refractivity (Wildman–Crippen MR) is 37.1 cm³/mol. The Morgan fingerprint density at radius 1 is 1.00 bits per heavy atom. The molecule has 0 aliphatic rings. The van der Waals surface area contributed by atoms with Gasteiger partial charge in [-0.25, -0.2) is 0 Å². The van der Waals surface area contributed by atoms with Gasteiger partial charge in [-0.2, -0.15) is 26.3 Å². The summed E-state index contributed by atoms with van der Waals surface area (Å²) in [5.41, 5.74) is -6.02. The quantitative estimate of drug-likeness (QED) is 0.683. The fourth-order valence-corrected chi connectivity index (χ4v) is 0.984. The van der Waals surface area contributed by atoms with E-state index in [0.717, 1.165) is 0 Å². The van der Waals surface area contributed by atoms with Crippen LogP contribution in [0.2, 0.25) is 0 Å². The molecule has 0 fully saturated rings. The zero-order valence-electron chi connectivity index (χ0n) is 6.83. The molecule has 0 atom stereocenters. The van der Waals surface area contributed by atoms with Gasteiger partial charge in [0.1, 0.15) is 11.3 Å². The Hall–Kier alpha value is -1.47. The Balaban J connectivity index is 3.55. The first kappa shape index (κ1) is 11.6.